The van der Waals surface area contributed by atoms with Crippen molar-refractivity contribution in [2.75, 3.05) is 18.5 Å². The molecule has 150 valence electrons. The third-order valence-electron chi connectivity index (χ3n) is 4.95. The lowest BCUT2D eigenvalue weighted by atomic mass is 10.1. The molecule has 3 aromatic rings. The molecule has 29 heavy (non-hydrogen) atoms. The topological polar surface area (TPSA) is 49.3 Å². The van der Waals surface area contributed by atoms with Gasteiger partial charge in [-0.25, -0.2) is 4.98 Å². The van der Waals surface area contributed by atoms with Crippen LogP contribution in [0.1, 0.15) is 35.3 Å². The van der Waals surface area contributed by atoms with Crippen molar-refractivity contribution >= 4 is 11.7 Å². The molecule has 0 radical (unpaired) electrons. The molecule has 0 unspecified atom stereocenters. The average molecular weight is 389 g/mol. The predicted octanol–water partition coefficient (Wildman–Crippen LogP) is 4.21. The Balaban J connectivity index is 1.71. The summed E-state index contributed by atoms with van der Waals surface area (Å²) < 4.78 is 0. The first kappa shape index (κ1) is 20.5. The maximum absolute atomic E-state index is 13.2. The minimum atomic E-state index is 0.0232. The number of aromatic nitrogens is 2. The van der Waals surface area contributed by atoms with E-state index in [2.05, 4.69) is 14.9 Å². The monoisotopic (exact) mass is 388 g/mol. The average Bonchev–Trinajstić information content (AvgIpc) is 2.76. The summed E-state index contributed by atoms with van der Waals surface area (Å²) in [5, 5.41) is 0. The zero-order valence-corrected chi connectivity index (χ0v) is 17.3. The van der Waals surface area contributed by atoms with Gasteiger partial charge in [-0.15, -0.1) is 0 Å². The van der Waals surface area contributed by atoms with Crippen LogP contribution in [0.15, 0.2) is 73.2 Å². The summed E-state index contributed by atoms with van der Waals surface area (Å²) in [5.74, 6) is 0.823. The van der Waals surface area contributed by atoms with Gasteiger partial charge in [0.1, 0.15) is 5.82 Å². The summed E-state index contributed by atoms with van der Waals surface area (Å²) in [7, 11) is 2.00. The van der Waals surface area contributed by atoms with Crippen LogP contribution in [-0.2, 0) is 13.0 Å². The summed E-state index contributed by atoms with van der Waals surface area (Å²) in [5.41, 5.74) is 3.02. The number of benzene rings is 1. The number of carbonyl (C=O) groups excluding carboxylic acids is 1. The number of pyridine rings is 2. The standard InChI is InChI=1S/C24H28N4O/c1-19(2)28(18-21-7-5-4-6-8-21)24(29)22-11-15-26-23(17-22)27(3)16-12-20-9-13-25-14-10-20/h4-11,13-15,17,19H,12,16,18H2,1-3H3. The number of hydrogen-bond acceptors (Lipinski definition) is 4. The van der Waals surface area contributed by atoms with Crippen LogP contribution in [0, 0.1) is 0 Å². The van der Waals surface area contributed by atoms with Crippen molar-refractivity contribution in [3.05, 3.63) is 89.9 Å². The Bertz CT molecular complexity index is 912. The van der Waals surface area contributed by atoms with Gasteiger partial charge < -0.3 is 9.80 Å². The SMILES string of the molecule is CC(C)N(Cc1ccccc1)C(=O)c1ccnc(N(C)CCc2ccncc2)c1. The van der Waals surface area contributed by atoms with E-state index in [1.54, 1.807) is 24.7 Å². The fraction of sp³-hybridized carbons (Fsp3) is 0.292. The van der Waals surface area contributed by atoms with Gasteiger partial charge in [0, 0.05) is 50.3 Å². The van der Waals surface area contributed by atoms with Crippen molar-refractivity contribution in [1.82, 2.24) is 14.9 Å². The van der Waals surface area contributed by atoms with Crippen molar-refractivity contribution in [1.29, 1.82) is 0 Å². The van der Waals surface area contributed by atoms with Crippen LogP contribution in [-0.4, -0.2) is 40.4 Å². The molecule has 0 fully saturated rings. The van der Waals surface area contributed by atoms with Crippen molar-refractivity contribution in [3.8, 4) is 0 Å². The fourth-order valence-corrected chi connectivity index (χ4v) is 3.16. The van der Waals surface area contributed by atoms with E-state index in [-0.39, 0.29) is 11.9 Å². The maximum atomic E-state index is 13.2. The van der Waals surface area contributed by atoms with Crippen LogP contribution in [0.3, 0.4) is 0 Å². The number of likely N-dealkylation sites (N-methyl/N-ethyl adjacent to an activating group) is 1. The molecule has 3 rings (SSSR count). The smallest absolute Gasteiger partial charge is 0.254 e. The van der Waals surface area contributed by atoms with E-state index >= 15 is 0 Å². The van der Waals surface area contributed by atoms with Crippen molar-refractivity contribution < 1.29 is 4.79 Å². The van der Waals surface area contributed by atoms with Gasteiger partial charge >= 0.3 is 0 Å². The normalized spacial score (nSPS) is 10.8. The summed E-state index contributed by atoms with van der Waals surface area (Å²) in [4.78, 5) is 25.7. The molecule has 1 amide bonds. The second kappa shape index (κ2) is 9.82. The van der Waals surface area contributed by atoms with Crippen LogP contribution < -0.4 is 4.90 Å². The van der Waals surface area contributed by atoms with E-state index in [0.717, 1.165) is 24.3 Å². The van der Waals surface area contributed by atoms with Gasteiger partial charge in [-0.05, 0) is 55.7 Å². The number of hydrogen-bond donors (Lipinski definition) is 0. The van der Waals surface area contributed by atoms with Gasteiger partial charge in [0.25, 0.3) is 5.91 Å². The highest BCUT2D eigenvalue weighted by atomic mass is 16.2. The van der Waals surface area contributed by atoms with Gasteiger partial charge in [0.05, 0.1) is 0 Å². The Morgan fingerprint density at radius 2 is 1.69 bits per heavy atom. The number of nitrogens with zero attached hydrogens (tertiary/aromatic N) is 4. The van der Waals surface area contributed by atoms with E-state index in [1.165, 1.54) is 5.56 Å². The molecule has 5 nitrogen and oxygen atoms in total. The molecule has 0 N–H and O–H groups in total. The minimum absolute atomic E-state index is 0.0232. The van der Waals surface area contributed by atoms with E-state index in [0.29, 0.717) is 12.1 Å². The molecule has 0 saturated heterocycles. The van der Waals surface area contributed by atoms with E-state index < -0.39 is 0 Å². The van der Waals surface area contributed by atoms with E-state index in [4.69, 9.17) is 0 Å². The molecule has 2 heterocycles. The Morgan fingerprint density at radius 3 is 2.38 bits per heavy atom. The molecule has 0 saturated carbocycles. The highest BCUT2D eigenvalue weighted by Crippen LogP contribution is 2.17. The molecule has 0 atom stereocenters. The first-order valence-electron chi connectivity index (χ1n) is 9.95. The molecule has 0 spiro atoms. The number of rotatable bonds is 8. The maximum Gasteiger partial charge on any atom is 0.254 e. The van der Waals surface area contributed by atoms with Crippen LogP contribution in [0.25, 0.3) is 0 Å². The molecule has 0 aliphatic rings. The van der Waals surface area contributed by atoms with Gasteiger partial charge in [-0.3, -0.25) is 9.78 Å². The van der Waals surface area contributed by atoms with Gasteiger partial charge in [0.15, 0.2) is 0 Å². The second-order valence-corrected chi connectivity index (χ2v) is 7.44. The van der Waals surface area contributed by atoms with E-state index in [9.17, 15) is 4.79 Å². The second-order valence-electron chi connectivity index (χ2n) is 7.44. The Hall–Kier alpha value is -3.21. The summed E-state index contributed by atoms with van der Waals surface area (Å²) in [6, 6.07) is 17.9. The van der Waals surface area contributed by atoms with Crippen molar-refractivity contribution in [2.45, 2.75) is 32.9 Å². The van der Waals surface area contributed by atoms with Crippen LogP contribution >= 0.6 is 0 Å². The van der Waals surface area contributed by atoms with Gasteiger partial charge in [-0.1, -0.05) is 30.3 Å². The molecule has 0 aliphatic carbocycles. The Morgan fingerprint density at radius 1 is 0.966 bits per heavy atom. The lowest BCUT2D eigenvalue weighted by Crippen LogP contribution is -2.36. The third-order valence-corrected chi connectivity index (χ3v) is 4.95. The lowest BCUT2D eigenvalue weighted by molar-refractivity contribution is 0.0690. The summed E-state index contributed by atoms with van der Waals surface area (Å²) in [6.45, 7) is 5.49. The quantitative estimate of drug-likeness (QED) is 0.580. The predicted molar refractivity (Wildman–Crippen MR) is 117 cm³/mol. The summed E-state index contributed by atoms with van der Waals surface area (Å²) in [6.07, 6.45) is 6.22. The minimum Gasteiger partial charge on any atom is -0.359 e. The zero-order valence-electron chi connectivity index (χ0n) is 17.3. The number of carbonyl (C=O) groups is 1. The Labute approximate surface area is 173 Å². The molecule has 0 aliphatic heterocycles. The van der Waals surface area contributed by atoms with Crippen LogP contribution in [0.4, 0.5) is 5.82 Å². The molecule has 1 aromatic carbocycles. The third kappa shape index (κ3) is 5.64. The van der Waals surface area contributed by atoms with Crippen LogP contribution in [0.2, 0.25) is 0 Å². The fourth-order valence-electron chi connectivity index (χ4n) is 3.16. The molecule has 0 bridgehead atoms. The lowest BCUT2D eigenvalue weighted by Gasteiger charge is -2.27. The number of anilines is 1. The molecular weight excluding hydrogens is 360 g/mol. The van der Waals surface area contributed by atoms with Crippen molar-refractivity contribution in [2.24, 2.45) is 0 Å². The first-order valence-corrected chi connectivity index (χ1v) is 9.95. The molecule has 2 aromatic heterocycles. The highest BCUT2D eigenvalue weighted by molar-refractivity contribution is 5.95. The summed E-state index contributed by atoms with van der Waals surface area (Å²) >= 11 is 0. The first-order chi connectivity index (χ1) is 14.0. The van der Waals surface area contributed by atoms with Crippen molar-refractivity contribution in [3.63, 3.8) is 0 Å². The van der Waals surface area contributed by atoms with Crippen LogP contribution in [0.5, 0.6) is 0 Å². The highest BCUT2D eigenvalue weighted by Gasteiger charge is 2.20. The molecular formula is C24H28N4O. The Kier molecular flexibility index (Phi) is 6.95. The van der Waals surface area contributed by atoms with E-state index in [1.807, 2.05) is 74.3 Å². The number of amides is 1. The van der Waals surface area contributed by atoms with Gasteiger partial charge in [-0.2, -0.15) is 0 Å². The largest absolute Gasteiger partial charge is 0.359 e. The van der Waals surface area contributed by atoms with Gasteiger partial charge in [0.2, 0.25) is 0 Å². The zero-order chi connectivity index (χ0) is 20.6. The molecule has 5 heteroatoms.